The van der Waals surface area contributed by atoms with Crippen LogP contribution in [0.15, 0.2) is 30.3 Å². The van der Waals surface area contributed by atoms with Crippen LogP contribution in [-0.4, -0.2) is 41.3 Å². The second-order valence-corrected chi connectivity index (χ2v) is 7.73. The number of likely N-dealkylation sites (tertiary alicyclic amines) is 1. The van der Waals surface area contributed by atoms with Gasteiger partial charge in [0.05, 0.1) is 0 Å². The van der Waals surface area contributed by atoms with Crippen LogP contribution in [0.1, 0.15) is 51.0 Å². The van der Waals surface area contributed by atoms with Crippen LogP contribution in [-0.2, 0) is 12.8 Å². The summed E-state index contributed by atoms with van der Waals surface area (Å²) in [6.07, 6.45) is 2.64. The third-order valence-corrected chi connectivity index (χ3v) is 6.21. The Hall–Kier alpha value is -2.20. The highest BCUT2D eigenvalue weighted by molar-refractivity contribution is 6.05. The van der Waals surface area contributed by atoms with Gasteiger partial charge in [-0.1, -0.05) is 25.1 Å². The van der Waals surface area contributed by atoms with Gasteiger partial charge >= 0.3 is 0 Å². The Morgan fingerprint density at radius 3 is 2.65 bits per heavy atom. The lowest BCUT2D eigenvalue weighted by Crippen LogP contribution is -2.45. The molecule has 1 aromatic carbocycles. The number of carbonyl (C=O) groups is 2. The highest BCUT2D eigenvalue weighted by Gasteiger charge is 2.42. The summed E-state index contributed by atoms with van der Waals surface area (Å²) in [5.74, 6) is 0.668. The fourth-order valence-corrected chi connectivity index (χ4v) is 4.84. The number of nitrogens with zero attached hydrogens (tertiary/aromatic N) is 2. The molecule has 0 unspecified atom stereocenters. The van der Waals surface area contributed by atoms with Crippen LogP contribution in [0, 0.1) is 18.8 Å². The molecule has 2 heterocycles. The Labute approximate surface area is 154 Å². The maximum absolute atomic E-state index is 13.3. The van der Waals surface area contributed by atoms with Crippen LogP contribution in [0.5, 0.6) is 0 Å². The van der Waals surface area contributed by atoms with E-state index >= 15 is 0 Å². The van der Waals surface area contributed by atoms with Crippen molar-refractivity contribution in [2.75, 3.05) is 20.1 Å². The number of hydrogen-bond donors (Lipinski definition) is 0. The zero-order valence-electron chi connectivity index (χ0n) is 15.8. The Balaban J connectivity index is 1.85. The van der Waals surface area contributed by atoms with E-state index in [4.69, 9.17) is 0 Å². The Kier molecular flexibility index (Phi) is 4.31. The molecule has 136 valence electrons. The van der Waals surface area contributed by atoms with Gasteiger partial charge in [0.15, 0.2) is 5.78 Å². The van der Waals surface area contributed by atoms with Gasteiger partial charge in [-0.2, -0.15) is 0 Å². The van der Waals surface area contributed by atoms with Crippen molar-refractivity contribution in [1.29, 1.82) is 0 Å². The van der Waals surface area contributed by atoms with Gasteiger partial charge in [0, 0.05) is 35.0 Å². The molecule has 1 aromatic heterocycles. The van der Waals surface area contributed by atoms with Crippen molar-refractivity contribution in [2.45, 2.75) is 33.1 Å². The molecule has 1 aliphatic heterocycles. The Morgan fingerprint density at radius 2 is 1.96 bits per heavy atom. The van der Waals surface area contributed by atoms with Gasteiger partial charge in [-0.05, 0) is 63.4 Å². The van der Waals surface area contributed by atoms with E-state index in [1.807, 2.05) is 41.8 Å². The van der Waals surface area contributed by atoms with E-state index < -0.39 is 0 Å². The number of Topliss-reactive ketones (excluding diaryl/α,β-unsaturated/α-hetero) is 1. The normalized spacial score (nSPS) is 22.8. The molecule has 1 aliphatic carbocycles. The third-order valence-electron chi connectivity index (χ3n) is 6.21. The summed E-state index contributed by atoms with van der Waals surface area (Å²) in [5, 5.41) is 0. The van der Waals surface area contributed by atoms with E-state index in [1.165, 1.54) is 0 Å². The summed E-state index contributed by atoms with van der Waals surface area (Å²) in [4.78, 5) is 28.8. The van der Waals surface area contributed by atoms with Crippen molar-refractivity contribution >= 4 is 11.7 Å². The number of fused-ring (bicyclic) bond motifs is 2. The predicted octanol–water partition coefficient (Wildman–Crippen LogP) is 3.35. The molecule has 0 bridgehead atoms. The number of benzene rings is 1. The van der Waals surface area contributed by atoms with E-state index in [2.05, 4.69) is 18.9 Å². The minimum Gasteiger partial charge on any atom is -0.306 e. The van der Waals surface area contributed by atoms with Crippen molar-refractivity contribution in [3.8, 4) is 0 Å². The fraction of sp³-hybridized carbons (Fsp3) is 0.455. The first-order valence-corrected chi connectivity index (χ1v) is 9.58. The highest BCUT2D eigenvalue weighted by atomic mass is 16.2. The highest BCUT2D eigenvalue weighted by Crippen LogP contribution is 2.39. The standard InChI is InChI=1S/C22H26N2O2/c1-4-17-14(2)24(22(26)15-8-6-5-7-9-15)19-12-16-10-11-23(3)13-18(16)21(25)20(17)19/h5-9,16,18H,4,10-13H2,1-3H3/t16-,18+/m0/s1. The summed E-state index contributed by atoms with van der Waals surface area (Å²) in [6.45, 7) is 5.92. The second-order valence-electron chi connectivity index (χ2n) is 7.73. The molecule has 26 heavy (non-hydrogen) atoms. The first-order chi connectivity index (χ1) is 12.5. The minimum atomic E-state index is -0.0155. The van der Waals surface area contributed by atoms with E-state index in [0.29, 0.717) is 11.5 Å². The molecular formula is C22H26N2O2. The van der Waals surface area contributed by atoms with Crippen LogP contribution in [0.4, 0.5) is 0 Å². The smallest absolute Gasteiger partial charge is 0.262 e. The van der Waals surface area contributed by atoms with Crippen LogP contribution >= 0.6 is 0 Å². The van der Waals surface area contributed by atoms with Crippen LogP contribution < -0.4 is 0 Å². The summed E-state index contributed by atoms with van der Waals surface area (Å²) >= 11 is 0. The average Bonchev–Trinajstić information content (AvgIpc) is 2.94. The van der Waals surface area contributed by atoms with Crippen LogP contribution in [0.3, 0.4) is 0 Å². The van der Waals surface area contributed by atoms with Crippen molar-refractivity contribution in [2.24, 2.45) is 11.8 Å². The topological polar surface area (TPSA) is 42.3 Å². The molecule has 0 spiro atoms. The van der Waals surface area contributed by atoms with E-state index in [9.17, 15) is 9.59 Å². The molecule has 0 radical (unpaired) electrons. The maximum Gasteiger partial charge on any atom is 0.262 e. The zero-order chi connectivity index (χ0) is 18.4. The number of rotatable bonds is 2. The van der Waals surface area contributed by atoms with Crippen LogP contribution in [0.25, 0.3) is 0 Å². The van der Waals surface area contributed by atoms with E-state index in [0.717, 1.165) is 54.9 Å². The molecule has 4 nitrogen and oxygen atoms in total. The lowest BCUT2D eigenvalue weighted by molar-refractivity contribution is 0.0701. The van der Waals surface area contributed by atoms with Gasteiger partial charge in [-0.25, -0.2) is 0 Å². The first kappa shape index (κ1) is 17.2. The average molecular weight is 350 g/mol. The van der Waals surface area contributed by atoms with Crippen molar-refractivity contribution in [3.05, 3.63) is 58.4 Å². The number of aromatic nitrogens is 1. The molecule has 2 aromatic rings. The predicted molar refractivity (Wildman–Crippen MR) is 102 cm³/mol. The monoisotopic (exact) mass is 350 g/mol. The summed E-state index contributed by atoms with van der Waals surface area (Å²) in [7, 11) is 2.09. The van der Waals surface area contributed by atoms with Gasteiger partial charge in [-0.15, -0.1) is 0 Å². The summed E-state index contributed by atoms with van der Waals surface area (Å²) in [6, 6.07) is 9.39. The minimum absolute atomic E-state index is 0.0155. The molecule has 2 atom stereocenters. The first-order valence-electron chi connectivity index (χ1n) is 9.58. The maximum atomic E-state index is 13.3. The van der Waals surface area contributed by atoms with Gasteiger partial charge in [-0.3, -0.25) is 14.2 Å². The fourth-order valence-electron chi connectivity index (χ4n) is 4.84. The summed E-state index contributed by atoms with van der Waals surface area (Å²) < 4.78 is 1.83. The quantitative estimate of drug-likeness (QED) is 0.834. The lowest BCUT2D eigenvalue weighted by Gasteiger charge is -2.39. The molecule has 4 rings (SSSR count). The molecular weight excluding hydrogens is 324 g/mol. The van der Waals surface area contributed by atoms with Gasteiger partial charge in [0.25, 0.3) is 5.91 Å². The third kappa shape index (κ3) is 2.55. The Bertz CT molecular complexity index is 866. The largest absolute Gasteiger partial charge is 0.306 e. The van der Waals surface area contributed by atoms with Crippen molar-refractivity contribution < 1.29 is 9.59 Å². The summed E-state index contributed by atoms with van der Waals surface area (Å²) in [5.41, 5.74) is 4.46. The number of piperidine rings is 1. The lowest BCUT2D eigenvalue weighted by atomic mass is 9.72. The second kappa shape index (κ2) is 6.51. The number of carbonyl (C=O) groups excluding carboxylic acids is 2. The van der Waals surface area contributed by atoms with Crippen LogP contribution in [0.2, 0.25) is 0 Å². The SMILES string of the molecule is CCc1c2c(n(C(=O)c3ccccc3)c1C)C[C@@H]1CCN(C)C[C@H]1C2=O. The van der Waals surface area contributed by atoms with Crippen molar-refractivity contribution in [3.63, 3.8) is 0 Å². The molecule has 0 saturated carbocycles. The number of ketones is 1. The molecule has 0 N–H and O–H groups in total. The van der Waals surface area contributed by atoms with Gasteiger partial charge in [0.1, 0.15) is 0 Å². The molecule has 0 amide bonds. The number of hydrogen-bond acceptors (Lipinski definition) is 3. The molecule has 2 aliphatic rings. The van der Waals surface area contributed by atoms with Gasteiger partial charge < -0.3 is 4.90 Å². The molecule has 1 fully saturated rings. The van der Waals surface area contributed by atoms with E-state index in [-0.39, 0.29) is 17.6 Å². The zero-order valence-corrected chi connectivity index (χ0v) is 15.8. The molecule has 4 heteroatoms. The molecule has 1 saturated heterocycles. The van der Waals surface area contributed by atoms with E-state index in [1.54, 1.807) is 0 Å². The Morgan fingerprint density at radius 1 is 1.23 bits per heavy atom. The van der Waals surface area contributed by atoms with Gasteiger partial charge in [0.2, 0.25) is 0 Å². The van der Waals surface area contributed by atoms with Crippen molar-refractivity contribution in [1.82, 2.24) is 9.47 Å².